The maximum Gasteiger partial charge on any atom is 0.231 e. The third-order valence-electron chi connectivity index (χ3n) is 5.52. The second kappa shape index (κ2) is 13.1. The molecule has 2 fully saturated rings. The normalized spacial score (nSPS) is 22.0. The summed E-state index contributed by atoms with van der Waals surface area (Å²) in [7, 11) is 1.69. The molecular weight excluding hydrogens is 377 g/mol. The van der Waals surface area contributed by atoms with E-state index < -0.39 is 0 Å². The molecule has 156 valence electrons. The number of methoxy groups -OCH3 is 1. The van der Waals surface area contributed by atoms with Crippen LogP contribution in [0, 0.1) is 5.41 Å². The Hall–Kier alpha value is -0.110. The van der Waals surface area contributed by atoms with Crippen LogP contribution in [0.1, 0.15) is 33.1 Å². The van der Waals surface area contributed by atoms with Crippen molar-refractivity contribution in [3.8, 4) is 0 Å². The van der Waals surface area contributed by atoms with Gasteiger partial charge >= 0.3 is 0 Å². The number of amides is 1. The lowest BCUT2D eigenvalue weighted by molar-refractivity contribution is -0.147. The number of nitrogens with zero attached hydrogens (tertiary/aromatic N) is 2. The molecule has 2 saturated heterocycles. The minimum absolute atomic E-state index is 0. The third kappa shape index (κ3) is 6.80. The largest absolute Gasteiger partial charge is 0.384 e. The molecule has 1 unspecified atom stereocenters. The number of piperidine rings is 1. The fourth-order valence-corrected chi connectivity index (χ4v) is 3.87. The summed E-state index contributed by atoms with van der Waals surface area (Å²) in [4.78, 5) is 17.5. The first-order chi connectivity index (χ1) is 11.6. The molecule has 0 aromatic heterocycles. The molecule has 0 saturated carbocycles. The van der Waals surface area contributed by atoms with Crippen molar-refractivity contribution in [1.82, 2.24) is 15.1 Å². The average molecular weight is 414 g/mol. The number of likely N-dealkylation sites (N-methyl/N-ethyl adjacent to an activating group) is 1. The predicted molar refractivity (Wildman–Crippen MR) is 110 cm³/mol. The van der Waals surface area contributed by atoms with Crippen LogP contribution in [0.3, 0.4) is 0 Å². The summed E-state index contributed by atoms with van der Waals surface area (Å²) in [5.41, 5.74) is -0.337. The number of hydrogen-bond acceptors (Lipinski definition) is 5. The number of carbonyl (C=O) groups excluding carboxylic acids is 1. The quantitative estimate of drug-likeness (QED) is 0.624. The van der Waals surface area contributed by atoms with Crippen molar-refractivity contribution in [3.63, 3.8) is 0 Å². The molecule has 1 amide bonds. The van der Waals surface area contributed by atoms with Gasteiger partial charge in [-0.25, -0.2) is 0 Å². The molecule has 0 radical (unpaired) electrons. The van der Waals surface area contributed by atoms with Gasteiger partial charge in [-0.15, -0.1) is 24.8 Å². The lowest BCUT2D eigenvalue weighted by Crippen LogP contribution is -2.51. The van der Waals surface area contributed by atoms with Crippen molar-refractivity contribution in [2.45, 2.75) is 39.2 Å². The van der Waals surface area contributed by atoms with Gasteiger partial charge in [0.2, 0.25) is 5.91 Å². The van der Waals surface area contributed by atoms with Gasteiger partial charge in [-0.05, 0) is 45.4 Å². The highest BCUT2D eigenvalue weighted by Gasteiger charge is 2.44. The van der Waals surface area contributed by atoms with Crippen LogP contribution in [0.2, 0.25) is 0 Å². The molecule has 2 heterocycles. The fourth-order valence-electron chi connectivity index (χ4n) is 3.87. The van der Waals surface area contributed by atoms with E-state index in [1.807, 2.05) is 4.90 Å². The molecule has 2 aliphatic heterocycles. The Morgan fingerprint density at radius 1 is 1.23 bits per heavy atom. The van der Waals surface area contributed by atoms with Crippen LogP contribution in [0.25, 0.3) is 0 Å². The van der Waals surface area contributed by atoms with Gasteiger partial charge in [0, 0.05) is 26.7 Å². The molecule has 8 heteroatoms. The highest BCUT2D eigenvalue weighted by Crippen LogP contribution is 2.33. The number of likely N-dealkylation sites (tertiary alicyclic amines) is 1. The Kier molecular flexibility index (Phi) is 13.1. The first-order valence-electron chi connectivity index (χ1n) is 9.48. The van der Waals surface area contributed by atoms with Gasteiger partial charge in [-0.1, -0.05) is 13.8 Å². The number of nitrogens with one attached hydrogen (secondary N) is 1. The van der Waals surface area contributed by atoms with Crippen LogP contribution in [0.4, 0.5) is 0 Å². The molecule has 2 aliphatic rings. The molecule has 0 aromatic carbocycles. The van der Waals surface area contributed by atoms with Gasteiger partial charge in [0.25, 0.3) is 0 Å². The Morgan fingerprint density at radius 3 is 2.46 bits per heavy atom. The van der Waals surface area contributed by atoms with E-state index in [1.165, 1.54) is 0 Å². The summed E-state index contributed by atoms with van der Waals surface area (Å²) in [6.45, 7) is 12.0. The molecular formula is C18H37Cl2N3O3. The monoisotopic (exact) mass is 413 g/mol. The van der Waals surface area contributed by atoms with Crippen LogP contribution in [0.15, 0.2) is 0 Å². The van der Waals surface area contributed by atoms with Gasteiger partial charge in [0.05, 0.1) is 24.7 Å². The van der Waals surface area contributed by atoms with E-state index in [0.29, 0.717) is 6.61 Å². The summed E-state index contributed by atoms with van der Waals surface area (Å²) >= 11 is 0. The Labute approximate surface area is 171 Å². The molecule has 1 N–H and O–H groups in total. The second-order valence-corrected chi connectivity index (χ2v) is 7.02. The minimum Gasteiger partial charge on any atom is -0.384 e. The lowest BCUT2D eigenvalue weighted by Gasteiger charge is -2.38. The van der Waals surface area contributed by atoms with Gasteiger partial charge < -0.3 is 24.6 Å². The van der Waals surface area contributed by atoms with E-state index >= 15 is 0 Å². The zero-order valence-corrected chi connectivity index (χ0v) is 18.1. The summed E-state index contributed by atoms with van der Waals surface area (Å²) in [5.74, 6) is 0.265. The van der Waals surface area contributed by atoms with Crippen LogP contribution in [-0.4, -0.2) is 87.9 Å². The van der Waals surface area contributed by atoms with E-state index in [1.54, 1.807) is 7.11 Å². The summed E-state index contributed by atoms with van der Waals surface area (Å²) < 4.78 is 11.4. The van der Waals surface area contributed by atoms with Crippen molar-refractivity contribution in [2.24, 2.45) is 5.41 Å². The third-order valence-corrected chi connectivity index (χ3v) is 5.52. The van der Waals surface area contributed by atoms with Crippen LogP contribution >= 0.6 is 24.8 Å². The molecule has 1 atom stereocenters. The molecule has 0 aliphatic carbocycles. The number of hydrogen-bond donors (Lipinski definition) is 1. The topological polar surface area (TPSA) is 54.0 Å². The van der Waals surface area contributed by atoms with Gasteiger partial charge in [-0.3, -0.25) is 4.79 Å². The van der Waals surface area contributed by atoms with E-state index in [-0.39, 0.29) is 42.2 Å². The highest BCUT2D eigenvalue weighted by atomic mass is 35.5. The molecule has 2 rings (SSSR count). The van der Waals surface area contributed by atoms with Gasteiger partial charge in [0.15, 0.2) is 0 Å². The fraction of sp³-hybridized carbons (Fsp3) is 0.944. The number of carbonyl (C=O) groups is 1. The van der Waals surface area contributed by atoms with E-state index in [0.717, 1.165) is 71.7 Å². The lowest BCUT2D eigenvalue weighted by atomic mass is 9.78. The van der Waals surface area contributed by atoms with E-state index in [4.69, 9.17) is 9.47 Å². The molecule has 0 aromatic rings. The highest BCUT2D eigenvalue weighted by molar-refractivity contribution is 5.85. The van der Waals surface area contributed by atoms with E-state index in [9.17, 15) is 4.79 Å². The SMILES string of the molecule is CCN(CC)CCOC1CCN(C(=O)C2(COC)CCNCC2)C1.Cl.Cl. The zero-order chi connectivity index (χ0) is 17.4. The molecule has 26 heavy (non-hydrogen) atoms. The number of ether oxygens (including phenoxy) is 2. The van der Waals surface area contributed by atoms with Crippen molar-refractivity contribution >= 4 is 30.7 Å². The maximum atomic E-state index is 13.1. The predicted octanol–water partition coefficient (Wildman–Crippen LogP) is 1.81. The van der Waals surface area contributed by atoms with Crippen molar-refractivity contribution in [1.29, 1.82) is 0 Å². The number of halogens is 2. The molecule has 6 nitrogen and oxygen atoms in total. The molecule has 0 bridgehead atoms. The van der Waals surface area contributed by atoms with Crippen molar-refractivity contribution < 1.29 is 14.3 Å². The Morgan fingerprint density at radius 2 is 1.88 bits per heavy atom. The van der Waals surface area contributed by atoms with Crippen molar-refractivity contribution in [3.05, 3.63) is 0 Å². The van der Waals surface area contributed by atoms with Crippen LogP contribution < -0.4 is 5.32 Å². The van der Waals surface area contributed by atoms with Crippen LogP contribution in [-0.2, 0) is 14.3 Å². The zero-order valence-electron chi connectivity index (χ0n) is 16.5. The average Bonchev–Trinajstić information content (AvgIpc) is 3.08. The standard InChI is InChI=1S/C18H35N3O3.2ClH/c1-4-20(5-2)12-13-24-16-6-11-21(14-16)17(22)18(15-23-3)7-9-19-10-8-18;;/h16,19H,4-15H2,1-3H3;2*1H. The summed E-state index contributed by atoms with van der Waals surface area (Å²) in [5, 5.41) is 3.35. The van der Waals surface area contributed by atoms with Crippen LogP contribution in [0.5, 0.6) is 0 Å². The summed E-state index contributed by atoms with van der Waals surface area (Å²) in [6.07, 6.45) is 2.87. The van der Waals surface area contributed by atoms with Crippen molar-refractivity contribution in [2.75, 3.05) is 66.1 Å². The van der Waals surface area contributed by atoms with Gasteiger partial charge in [-0.2, -0.15) is 0 Å². The smallest absolute Gasteiger partial charge is 0.231 e. The second-order valence-electron chi connectivity index (χ2n) is 7.02. The first-order valence-corrected chi connectivity index (χ1v) is 9.48. The summed E-state index contributed by atoms with van der Waals surface area (Å²) in [6, 6.07) is 0. The maximum absolute atomic E-state index is 13.1. The van der Waals surface area contributed by atoms with E-state index in [2.05, 4.69) is 24.1 Å². The van der Waals surface area contributed by atoms with Gasteiger partial charge in [0.1, 0.15) is 0 Å². The first kappa shape index (κ1) is 25.9. The Balaban J connectivity index is 0.00000312. The number of rotatable bonds is 9. The minimum atomic E-state index is -0.337. The molecule has 0 spiro atoms. The Bertz CT molecular complexity index is 386.